The van der Waals surface area contributed by atoms with E-state index in [2.05, 4.69) is 23.7 Å². The molecule has 120 valence electrons. The van der Waals surface area contributed by atoms with Gasteiger partial charge < -0.3 is 0 Å². The second kappa shape index (κ2) is 7.52. The maximum Gasteiger partial charge on any atom is 0.140 e. The molecule has 0 heterocycles. The molecule has 3 aromatic rings. The Kier molecular flexibility index (Phi) is 4.98. The molecular formula is C24H17F. The number of hydrogen-bond donors (Lipinski definition) is 0. The molecule has 0 saturated carbocycles. The fraction of sp³-hybridized carbons (Fsp3) is 0.0833. The zero-order chi connectivity index (χ0) is 17.6. The van der Waals surface area contributed by atoms with Crippen molar-refractivity contribution in [2.75, 3.05) is 0 Å². The van der Waals surface area contributed by atoms with E-state index in [0.29, 0.717) is 11.1 Å². The van der Waals surface area contributed by atoms with Crippen LogP contribution >= 0.6 is 0 Å². The lowest BCUT2D eigenvalue weighted by Crippen LogP contribution is -1.87. The van der Waals surface area contributed by atoms with Crippen LogP contribution in [0.1, 0.15) is 33.4 Å². The van der Waals surface area contributed by atoms with Crippen molar-refractivity contribution in [2.24, 2.45) is 0 Å². The van der Waals surface area contributed by atoms with Crippen LogP contribution in [0.2, 0.25) is 0 Å². The second-order valence-electron chi connectivity index (χ2n) is 5.82. The quantitative estimate of drug-likeness (QED) is 0.496. The van der Waals surface area contributed by atoms with Crippen LogP contribution in [0, 0.1) is 43.3 Å². The Morgan fingerprint density at radius 2 is 1.12 bits per heavy atom. The summed E-state index contributed by atoms with van der Waals surface area (Å²) in [6.07, 6.45) is 0. The normalized spacial score (nSPS) is 9.56. The van der Waals surface area contributed by atoms with Crippen molar-refractivity contribution in [3.63, 3.8) is 0 Å². The first-order valence-electron chi connectivity index (χ1n) is 8.08. The Morgan fingerprint density at radius 1 is 0.600 bits per heavy atom. The molecule has 0 radical (unpaired) electrons. The van der Waals surface area contributed by atoms with E-state index >= 15 is 0 Å². The Balaban J connectivity index is 1.86. The van der Waals surface area contributed by atoms with Crippen LogP contribution < -0.4 is 0 Å². The Labute approximate surface area is 148 Å². The van der Waals surface area contributed by atoms with Crippen molar-refractivity contribution < 1.29 is 4.39 Å². The topological polar surface area (TPSA) is 0 Å². The lowest BCUT2D eigenvalue weighted by atomic mass is 10.1. The molecule has 0 aromatic heterocycles. The molecule has 0 aliphatic heterocycles. The average Bonchev–Trinajstić information content (AvgIpc) is 2.61. The molecular weight excluding hydrogens is 307 g/mol. The van der Waals surface area contributed by atoms with Crippen LogP contribution in [-0.2, 0) is 0 Å². The monoisotopic (exact) mass is 324 g/mol. The second-order valence-corrected chi connectivity index (χ2v) is 5.82. The predicted molar refractivity (Wildman–Crippen MR) is 101 cm³/mol. The van der Waals surface area contributed by atoms with Crippen molar-refractivity contribution in [2.45, 2.75) is 13.8 Å². The van der Waals surface area contributed by atoms with Gasteiger partial charge in [0.2, 0.25) is 0 Å². The summed E-state index contributed by atoms with van der Waals surface area (Å²) in [5.41, 5.74) is 5.07. The van der Waals surface area contributed by atoms with Crippen molar-refractivity contribution in [3.8, 4) is 23.7 Å². The minimum Gasteiger partial charge on any atom is -0.206 e. The van der Waals surface area contributed by atoms with Gasteiger partial charge in [-0.1, -0.05) is 60.1 Å². The lowest BCUT2D eigenvalue weighted by molar-refractivity contribution is 0.624. The van der Waals surface area contributed by atoms with Crippen LogP contribution in [0.15, 0.2) is 66.7 Å². The van der Waals surface area contributed by atoms with E-state index in [0.717, 1.165) is 22.3 Å². The first-order valence-corrected chi connectivity index (χ1v) is 8.08. The molecule has 0 unspecified atom stereocenters. The summed E-state index contributed by atoms with van der Waals surface area (Å²) in [5.74, 6) is 11.7. The number of benzene rings is 3. The summed E-state index contributed by atoms with van der Waals surface area (Å²) >= 11 is 0. The Bertz CT molecular complexity index is 1040. The van der Waals surface area contributed by atoms with E-state index in [1.54, 1.807) is 12.1 Å². The highest BCUT2D eigenvalue weighted by Crippen LogP contribution is 2.11. The van der Waals surface area contributed by atoms with E-state index in [1.165, 1.54) is 6.07 Å². The van der Waals surface area contributed by atoms with E-state index in [-0.39, 0.29) is 5.82 Å². The molecule has 0 fully saturated rings. The summed E-state index contributed by atoms with van der Waals surface area (Å²) in [6.45, 7) is 4.00. The van der Waals surface area contributed by atoms with Crippen LogP contribution in [0.25, 0.3) is 0 Å². The third-order valence-electron chi connectivity index (χ3n) is 3.93. The van der Waals surface area contributed by atoms with E-state index in [1.807, 2.05) is 62.4 Å². The largest absolute Gasteiger partial charge is 0.206 e. The highest BCUT2D eigenvalue weighted by atomic mass is 19.1. The van der Waals surface area contributed by atoms with Crippen LogP contribution in [0.5, 0.6) is 0 Å². The molecule has 1 heteroatoms. The molecule has 0 aliphatic rings. The molecule has 0 bridgehead atoms. The highest BCUT2D eigenvalue weighted by molar-refractivity contribution is 5.50. The van der Waals surface area contributed by atoms with Gasteiger partial charge in [-0.2, -0.15) is 0 Å². The van der Waals surface area contributed by atoms with Crippen molar-refractivity contribution in [3.05, 3.63) is 106 Å². The summed E-state index contributed by atoms with van der Waals surface area (Å²) < 4.78 is 14.3. The molecule has 0 atom stereocenters. The minimum atomic E-state index is -0.349. The summed E-state index contributed by atoms with van der Waals surface area (Å²) in [4.78, 5) is 0. The maximum absolute atomic E-state index is 14.3. The molecule has 0 nitrogen and oxygen atoms in total. The Hall–Kier alpha value is -3.29. The average molecular weight is 324 g/mol. The van der Waals surface area contributed by atoms with Gasteiger partial charge in [-0.15, -0.1) is 0 Å². The smallest absolute Gasteiger partial charge is 0.140 e. The molecule has 25 heavy (non-hydrogen) atoms. The third kappa shape index (κ3) is 4.17. The van der Waals surface area contributed by atoms with Gasteiger partial charge in [0.15, 0.2) is 0 Å². The van der Waals surface area contributed by atoms with Crippen molar-refractivity contribution >= 4 is 0 Å². The van der Waals surface area contributed by atoms with Crippen LogP contribution in [-0.4, -0.2) is 0 Å². The molecule has 3 rings (SSSR count). The molecule has 0 aliphatic carbocycles. The van der Waals surface area contributed by atoms with Crippen molar-refractivity contribution in [1.29, 1.82) is 0 Å². The highest BCUT2D eigenvalue weighted by Gasteiger charge is 2.00. The molecule has 0 N–H and O–H groups in total. The van der Waals surface area contributed by atoms with Gasteiger partial charge >= 0.3 is 0 Å². The molecule has 0 saturated heterocycles. The van der Waals surface area contributed by atoms with Crippen molar-refractivity contribution in [1.82, 2.24) is 0 Å². The van der Waals surface area contributed by atoms with Crippen LogP contribution in [0.3, 0.4) is 0 Å². The fourth-order valence-electron chi connectivity index (χ4n) is 2.39. The summed E-state index contributed by atoms with van der Waals surface area (Å²) in [5, 5.41) is 0. The van der Waals surface area contributed by atoms with Gasteiger partial charge in [0.25, 0.3) is 0 Å². The van der Waals surface area contributed by atoms with Gasteiger partial charge in [-0.3, -0.25) is 0 Å². The summed E-state index contributed by atoms with van der Waals surface area (Å²) in [6, 6.07) is 20.6. The first kappa shape index (κ1) is 16.6. The number of hydrogen-bond acceptors (Lipinski definition) is 0. The third-order valence-corrected chi connectivity index (χ3v) is 3.93. The standard InChI is InChI=1S/C24H17F/c1-18-7-3-5-9-21(18)13-11-20-12-14-23(24(25)17-20)16-15-22-10-6-4-8-19(22)2/h3-10,12,14,17H,1-2H3. The van der Waals surface area contributed by atoms with E-state index < -0.39 is 0 Å². The zero-order valence-electron chi connectivity index (χ0n) is 14.2. The first-order chi connectivity index (χ1) is 12.1. The number of halogens is 1. The predicted octanol–water partition coefficient (Wildman–Crippen LogP) is 5.24. The minimum absolute atomic E-state index is 0.349. The lowest BCUT2D eigenvalue weighted by Gasteiger charge is -1.98. The summed E-state index contributed by atoms with van der Waals surface area (Å²) in [7, 11) is 0. The van der Waals surface area contributed by atoms with Gasteiger partial charge in [-0.25, -0.2) is 4.39 Å². The molecule has 0 amide bonds. The van der Waals surface area contributed by atoms with E-state index in [4.69, 9.17) is 0 Å². The zero-order valence-corrected chi connectivity index (χ0v) is 14.2. The van der Waals surface area contributed by atoms with Crippen LogP contribution in [0.4, 0.5) is 4.39 Å². The molecule has 3 aromatic carbocycles. The maximum atomic E-state index is 14.3. The van der Waals surface area contributed by atoms with E-state index in [9.17, 15) is 4.39 Å². The number of aryl methyl sites for hydroxylation is 2. The number of rotatable bonds is 0. The Morgan fingerprint density at radius 3 is 1.68 bits per heavy atom. The molecule has 0 spiro atoms. The SMILES string of the molecule is Cc1ccccc1C#Cc1ccc(C#Cc2ccccc2C)c(F)c1. The fourth-order valence-corrected chi connectivity index (χ4v) is 2.39. The van der Waals surface area contributed by atoms with Gasteiger partial charge in [-0.05, 0) is 55.3 Å². The van der Waals surface area contributed by atoms with Gasteiger partial charge in [0.05, 0.1) is 5.56 Å². The van der Waals surface area contributed by atoms with Gasteiger partial charge in [0.1, 0.15) is 5.82 Å². The van der Waals surface area contributed by atoms with Gasteiger partial charge in [0, 0.05) is 16.7 Å².